The minimum atomic E-state index is -1.33. The Hall–Kier alpha value is -3.39. The molecular weight excluding hydrogens is 424 g/mol. The summed E-state index contributed by atoms with van der Waals surface area (Å²) in [6.45, 7) is 2.11. The van der Waals surface area contributed by atoms with Crippen molar-refractivity contribution in [3.8, 4) is 11.1 Å². The number of hydrogen-bond acceptors (Lipinski definition) is 5. The van der Waals surface area contributed by atoms with Crippen LogP contribution in [0, 0.1) is 0 Å². The number of nitrogens with one attached hydrogen (secondary N) is 1. The smallest absolute Gasteiger partial charge is 0.408 e. The highest BCUT2D eigenvalue weighted by Crippen LogP contribution is 2.44. The van der Waals surface area contributed by atoms with Gasteiger partial charge in [0.1, 0.15) is 18.7 Å². The standard InChI is InChI=1S/C25H28N2O6/c1-2-12-27(14-22(28)29)23(30)25(11-13-32-16-25)26-24(31)33-15-21-19-9-5-3-7-17(19)18-8-4-6-10-20(18)21/h3-10,21H,2,11-16H2,1H3,(H,26,31)(H,28,29). The molecule has 2 amide bonds. The fourth-order valence-electron chi connectivity index (χ4n) is 4.70. The van der Waals surface area contributed by atoms with Crippen molar-refractivity contribution in [2.45, 2.75) is 31.2 Å². The summed E-state index contributed by atoms with van der Waals surface area (Å²) in [4.78, 5) is 38.5. The molecular formula is C25H28N2O6. The number of rotatable bonds is 8. The molecule has 1 unspecified atom stereocenters. The number of hydrogen-bond donors (Lipinski definition) is 2. The molecule has 2 aliphatic rings. The van der Waals surface area contributed by atoms with Crippen LogP contribution < -0.4 is 5.32 Å². The Labute approximate surface area is 192 Å². The third-order valence-electron chi connectivity index (χ3n) is 6.22. The number of carbonyl (C=O) groups is 3. The first kappa shape index (κ1) is 22.8. The molecule has 4 rings (SSSR count). The van der Waals surface area contributed by atoms with Crippen molar-refractivity contribution in [2.24, 2.45) is 0 Å². The van der Waals surface area contributed by atoms with Gasteiger partial charge in [0, 0.05) is 25.5 Å². The molecule has 1 saturated heterocycles. The summed E-state index contributed by atoms with van der Waals surface area (Å²) in [7, 11) is 0. The number of amides is 2. The first-order valence-electron chi connectivity index (χ1n) is 11.2. The highest BCUT2D eigenvalue weighted by Gasteiger charge is 2.46. The maximum Gasteiger partial charge on any atom is 0.408 e. The van der Waals surface area contributed by atoms with Crippen molar-refractivity contribution in [1.29, 1.82) is 0 Å². The topological polar surface area (TPSA) is 105 Å². The van der Waals surface area contributed by atoms with Crippen LogP contribution in [0.1, 0.15) is 36.8 Å². The fourth-order valence-corrected chi connectivity index (χ4v) is 4.70. The van der Waals surface area contributed by atoms with Crippen molar-refractivity contribution in [3.63, 3.8) is 0 Å². The van der Waals surface area contributed by atoms with E-state index in [0.717, 1.165) is 22.3 Å². The van der Waals surface area contributed by atoms with Gasteiger partial charge in [0.25, 0.3) is 5.91 Å². The first-order chi connectivity index (χ1) is 15.9. The molecule has 8 nitrogen and oxygen atoms in total. The summed E-state index contributed by atoms with van der Waals surface area (Å²) in [5, 5.41) is 11.9. The summed E-state index contributed by atoms with van der Waals surface area (Å²) in [6.07, 6.45) is 0.138. The van der Waals surface area contributed by atoms with Crippen molar-refractivity contribution >= 4 is 18.0 Å². The normalized spacial score (nSPS) is 18.9. The minimum absolute atomic E-state index is 0.0180. The van der Waals surface area contributed by atoms with Crippen LogP contribution in [0.3, 0.4) is 0 Å². The molecule has 0 bridgehead atoms. The predicted molar refractivity (Wildman–Crippen MR) is 121 cm³/mol. The molecule has 33 heavy (non-hydrogen) atoms. The minimum Gasteiger partial charge on any atom is -0.480 e. The second kappa shape index (κ2) is 9.62. The quantitative estimate of drug-likeness (QED) is 0.638. The van der Waals surface area contributed by atoms with Gasteiger partial charge in [0.2, 0.25) is 0 Å². The summed E-state index contributed by atoms with van der Waals surface area (Å²) >= 11 is 0. The lowest BCUT2D eigenvalue weighted by Crippen LogP contribution is -2.61. The largest absolute Gasteiger partial charge is 0.480 e. The average molecular weight is 453 g/mol. The average Bonchev–Trinajstić information content (AvgIpc) is 3.40. The van der Waals surface area contributed by atoms with E-state index in [2.05, 4.69) is 17.4 Å². The number of ether oxygens (including phenoxy) is 2. The maximum atomic E-state index is 13.2. The van der Waals surface area contributed by atoms with Gasteiger partial charge in [-0.05, 0) is 28.7 Å². The monoisotopic (exact) mass is 452 g/mol. The van der Waals surface area contributed by atoms with Gasteiger partial charge in [-0.2, -0.15) is 0 Å². The zero-order chi connectivity index (χ0) is 23.4. The lowest BCUT2D eigenvalue weighted by Gasteiger charge is -2.33. The fraction of sp³-hybridized carbons (Fsp3) is 0.400. The summed E-state index contributed by atoms with van der Waals surface area (Å²) in [5.41, 5.74) is 3.12. The van der Waals surface area contributed by atoms with Gasteiger partial charge >= 0.3 is 12.1 Å². The molecule has 2 aromatic carbocycles. The number of carboxylic acid groups (broad SMARTS) is 1. The van der Waals surface area contributed by atoms with E-state index in [-0.39, 0.29) is 32.1 Å². The van der Waals surface area contributed by atoms with E-state index in [1.807, 2.05) is 43.3 Å². The zero-order valence-corrected chi connectivity index (χ0v) is 18.6. The molecule has 2 N–H and O–H groups in total. The van der Waals surface area contributed by atoms with E-state index in [4.69, 9.17) is 9.47 Å². The van der Waals surface area contributed by atoms with Gasteiger partial charge in [-0.3, -0.25) is 9.59 Å². The van der Waals surface area contributed by atoms with Crippen molar-refractivity contribution in [1.82, 2.24) is 10.2 Å². The van der Waals surface area contributed by atoms with E-state index in [1.165, 1.54) is 4.90 Å². The van der Waals surface area contributed by atoms with Crippen molar-refractivity contribution < 1.29 is 29.0 Å². The summed E-state index contributed by atoms with van der Waals surface area (Å²) < 4.78 is 11.0. The molecule has 2 aromatic rings. The molecule has 1 fully saturated rings. The molecule has 8 heteroatoms. The molecule has 0 saturated carbocycles. The number of carbonyl (C=O) groups excluding carboxylic acids is 2. The highest BCUT2D eigenvalue weighted by atomic mass is 16.6. The Morgan fingerprint density at radius 3 is 2.30 bits per heavy atom. The number of nitrogens with zero attached hydrogens (tertiary/aromatic N) is 1. The number of fused-ring (bicyclic) bond motifs is 3. The van der Waals surface area contributed by atoms with Crippen molar-refractivity contribution in [2.75, 3.05) is 32.9 Å². The number of carboxylic acids is 1. The van der Waals surface area contributed by atoms with Gasteiger partial charge in [-0.15, -0.1) is 0 Å². The van der Waals surface area contributed by atoms with E-state index >= 15 is 0 Å². The Bertz CT molecular complexity index is 1000. The third-order valence-corrected chi connectivity index (χ3v) is 6.22. The molecule has 0 spiro atoms. The van der Waals surface area contributed by atoms with Crippen LogP contribution in [0.25, 0.3) is 11.1 Å². The van der Waals surface area contributed by atoms with Crippen LogP contribution in [0.4, 0.5) is 4.79 Å². The zero-order valence-electron chi connectivity index (χ0n) is 18.6. The van der Waals surface area contributed by atoms with Crippen LogP contribution in [0.15, 0.2) is 48.5 Å². The number of benzene rings is 2. The van der Waals surface area contributed by atoms with Crippen LogP contribution in [-0.2, 0) is 19.1 Å². The second-order valence-electron chi connectivity index (χ2n) is 8.46. The van der Waals surface area contributed by atoms with Crippen LogP contribution >= 0.6 is 0 Å². The Morgan fingerprint density at radius 1 is 1.12 bits per heavy atom. The highest BCUT2D eigenvalue weighted by molar-refractivity contribution is 5.92. The maximum absolute atomic E-state index is 13.2. The lowest BCUT2D eigenvalue weighted by atomic mass is 9.96. The van der Waals surface area contributed by atoms with E-state index in [9.17, 15) is 19.5 Å². The second-order valence-corrected chi connectivity index (χ2v) is 8.46. The van der Waals surface area contributed by atoms with Gasteiger partial charge in [-0.25, -0.2) is 4.79 Å². The van der Waals surface area contributed by atoms with Gasteiger partial charge < -0.3 is 24.8 Å². The molecule has 1 atom stereocenters. The van der Waals surface area contributed by atoms with Crippen LogP contribution in [-0.4, -0.2) is 66.4 Å². The van der Waals surface area contributed by atoms with E-state index < -0.39 is 30.1 Å². The molecule has 0 aromatic heterocycles. The SMILES string of the molecule is CCCN(CC(=O)O)C(=O)C1(NC(=O)OCC2c3ccccc3-c3ccccc32)CCOC1. The first-order valence-corrected chi connectivity index (χ1v) is 11.2. The Balaban J connectivity index is 1.47. The Kier molecular flexibility index (Phi) is 6.65. The molecule has 1 aliphatic carbocycles. The number of aliphatic carboxylic acids is 1. The van der Waals surface area contributed by atoms with E-state index in [0.29, 0.717) is 13.0 Å². The third kappa shape index (κ3) is 4.57. The number of alkyl carbamates (subject to hydrolysis) is 1. The van der Waals surface area contributed by atoms with Gasteiger partial charge in [0.05, 0.1) is 6.61 Å². The Morgan fingerprint density at radius 2 is 1.76 bits per heavy atom. The van der Waals surface area contributed by atoms with E-state index in [1.54, 1.807) is 0 Å². The summed E-state index contributed by atoms with van der Waals surface area (Å²) in [6, 6.07) is 16.1. The molecule has 174 valence electrons. The van der Waals surface area contributed by atoms with Crippen molar-refractivity contribution in [3.05, 3.63) is 59.7 Å². The van der Waals surface area contributed by atoms with Gasteiger partial charge in [-0.1, -0.05) is 55.5 Å². The molecule has 1 heterocycles. The van der Waals surface area contributed by atoms with Crippen LogP contribution in [0.5, 0.6) is 0 Å². The summed E-state index contributed by atoms with van der Waals surface area (Å²) in [5.74, 6) is -1.66. The van der Waals surface area contributed by atoms with Gasteiger partial charge in [0.15, 0.2) is 0 Å². The van der Waals surface area contributed by atoms with Crippen LogP contribution in [0.2, 0.25) is 0 Å². The molecule has 1 aliphatic heterocycles. The predicted octanol–water partition coefficient (Wildman–Crippen LogP) is 3.01. The lowest BCUT2D eigenvalue weighted by molar-refractivity contribution is -0.147. The molecule has 0 radical (unpaired) electrons.